The Morgan fingerprint density at radius 1 is 1.36 bits per heavy atom. The molecule has 1 fully saturated rings. The molecule has 2 rings (SSSR count). The van der Waals surface area contributed by atoms with E-state index in [1.165, 1.54) is 6.07 Å². The molecule has 0 saturated carbocycles. The highest BCUT2D eigenvalue weighted by Crippen LogP contribution is 2.16. The second-order valence-electron chi connectivity index (χ2n) is 5.55. The van der Waals surface area contributed by atoms with Crippen molar-refractivity contribution < 1.29 is 14.0 Å². The first-order valence-corrected chi connectivity index (χ1v) is 7.60. The number of halogens is 1. The Kier molecular flexibility index (Phi) is 5.49. The van der Waals surface area contributed by atoms with Crippen LogP contribution < -0.4 is 10.6 Å². The number of anilines is 1. The topological polar surface area (TPSA) is 61.4 Å². The fraction of sp³-hybridized carbons (Fsp3) is 0.500. The average molecular weight is 307 g/mol. The van der Waals surface area contributed by atoms with Crippen molar-refractivity contribution in [2.24, 2.45) is 0 Å². The Balaban J connectivity index is 1.84. The average Bonchev–Trinajstić information content (AvgIpc) is 2.96. The van der Waals surface area contributed by atoms with Crippen molar-refractivity contribution in [2.75, 3.05) is 25.0 Å². The first-order chi connectivity index (χ1) is 10.5. The second-order valence-corrected chi connectivity index (χ2v) is 5.55. The number of hydrogen-bond donors (Lipinski definition) is 2. The molecule has 1 aromatic carbocycles. The molecule has 120 valence electrons. The van der Waals surface area contributed by atoms with Gasteiger partial charge in [0.15, 0.2) is 0 Å². The van der Waals surface area contributed by atoms with Gasteiger partial charge in [0.2, 0.25) is 0 Å². The minimum absolute atomic E-state index is 0.277. The van der Waals surface area contributed by atoms with E-state index in [0.29, 0.717) is 18.2 Å². The van der Waals surface area contributed by atoms with E-state index in [4.69, 9.17) is 0 Å². The smallest absolute Gasteiger partial charge is 0.313 e. The molecule has 1 aliphatic heterocycles. The molecular formula is C16H22FN3O2. The van der Waals surface area contributed by atoms with Gasteiger partial charge in [-0.1, -0.05) is 13.0 Å². The van der Waals surface area contributed by atoms with Gasteiger partial charge in [-0.25, -0.2) is 4.39 Å². The number of carbonyl (C=O) groups is 2. The van der Waals surface area contributed by atoms with Crippen molar-refractivity contribution in [3.05, 3.63) is 29.6 Å². The molecule has 0 radical (unpaired) electrons. The Labute approximate surface area is 129 Å². The first kappa shape index (κ1) is 16.4. The first-order valence-electron chi connectivity index (χ1n) is 7.60. The number of rotatable bonds is 4. The summed E-state index contributed by atoms with van der Waals surface area (Å²) in [4.78, 5) is 25.9. The van der Waals surface area contributed by atoms with Crippen molar-refractivity contribution >= 4 is 17.5 Å². The number of nitrogens with one attached hydrogen (secondary N) is 2. The zero-order chi connectivity index (χ0) is 16.1. The van der Waals surface area contributed by atoms with Gasteiger partial charge in [0, 0.05) is 18.3 Å². The number of nitrogens with zero attached hydrogens (tertiary/aromatic N) is 1. The third-order valence-electron chi connectivity index (χ3n) is 4.04. The van der Waals surface area contributed by atoms with E-state index in [2.05, 4.69) is 22.5 Å². The van der Waals surface area contributed by atoms with E-state index in [0.717, 1.165) is 25.9 Å². The highest BCUT2D eigenvalue weighted by molar-refractivity contribution is 6.39. The zero-order valence-corrected chi connectivity index (χ0v) is 13.0. The van der Waals surface area contributed by atoms with Crippen molar-refractivity contribution in [3.8, 4) is 0 Å². The molecule has 1 atom stereocenters. The van der Waals surface area contributed by atoms with E-state index in [1.54, 1.807) is 19.1 Å². The molecule has 5 nitrogen and oxygen atoms in total. The summed E-state index contributed by atoms with van der Waals surface area (Å²) in [6.45, 7) is 6.15. The summed E-state index contributed by atoms with van der Waals surface area (Å²) >= 11 is 0. The third-order valence-corrected chi connectivity index (χ3v) is 4.04. The summed E-state index contributed by atoms with van der Waals surface area (Å²) in [5.74, 6) is -1.88. The lowest BCUT2D eigenvalue weighted by atomic mass is 10.2. The van der Waals surface area contributed by atoms with Crippen LogP contribution >= 0.6 is 0 Å². The second kappa shape index (κ2) is 7.35. The maximum Gasteiger partial charge on any atom is 0.313 e. The number of likely N-dealkylation sites (tertiary alicyclic amines) is 1. The van der Waals surface area contributed by atoms with Crippen molar-refractivity contribution in [3.63, 3.8) is 0 Å². The number of carbonyl (C=O) groups excluding carboxylic acids is 2. The van der Waals surface area contributed by atoms with Crippen LogP contribution in [0.1, 0.15) is 25.3 Å². The van der Waals surface area contributed by atoms with Gasteiger partial charge >= 0.3 is 11.8 Å². The molecule has 1 aliphatic rings. The van der Waals surface area contributed by atoms with Gasteiger partial charge in [-0.2, -0.15) is 0 Å². The predicted molar refractivity (Wildman–Crippen MR) is 83.0 cm³/mol. The molecule has 1 saturated heterocycles. The van der Waals surface area contributed by atoms with Gasteiger partial charge in [-0.3, -0.25) is 14.5 Å². The van der Waals surface area contributed by atoms with E-state index in [9.17, 15) is 14.0 Å². The van der Waals surface area contributed by atoms with Gasteiger partial charge in [0.1, 0.15) is 5.82 Å². The van der Waals surface area contributed by atoms with Crippen LogP contribution in [-0.4, -0.2) is 42.4 Å². The van der Waals surface area contributed by atoms with Crippen LogP contribution in [0.15, 0.2) is 18.2 Å². The quantitative estimate of drug-likeness (QED) is 0.832. The standard InChI is InChI=1S/C16H22FN3O2/c1-3-20-8-4-5-13(20)10-18-15(21)16(22)19-12-7-6-11(2)14(17)9-12/h6-7,9,13H,3-5,8,10H2,1-2H3,(H,18,21)(H,19,22)/t13-/m0/s1. The largest absolute Gasteiger partial charge is 0.346 e. The lowest BCUT2D eigenvalue weighted by Crippen LogP contribution is -2.43. The SMILES string of the molecule is CCN1CCC[C@H]1CNC(=O)C(=O)Nc1ccc(C)c(F)c1. The molecule has 2 N–H and O–H groups in total. The molecule has 22 heavy (non-hydrogen) atoms. The lowest BCUT2D eigenvalue weighted by molar-refractivity contribution is -0.136. The normalized spacial score (nSPS) is 18.2. The minimum atomic E-state index is -0.774. The molecule has 6 heteroatoms. The molecule has 2 amide bonds. The van der Waals surface area contributed by atoms with Crippen molar-refractivity contribution in [1.82, 2.24) is 10.2 Å². The monoisotopic (exact) mass is 307 g/mol. The summed E-state index contributed by atoms with van der Waals surface area (Å²) in [6.07, 6.45) is 2.14. The third kappa shape index (κ3) is 4.04. The predicted octanol–water partition coefficient (Wildman–Crippen LogP) is 1.67. The molecule has 0 bridgehead atoms. The van der Waals surface area contributed by atoms with Crippen LogP contribution in [0.2, 0.25) is 0 Å². The highest BCUT2D eigenvalue weighted by Gasteiger charge is 2.24. The van der Waals surface area contributed by atoms with E-state index < -0.39 is 17.6 Å². The molecule has 1 heterocycles. The Hall–Kier alpha value is -1.95. The Bertz CT molecular complexity index is 562. The minimum Gasteiger partial charge on any atom is -0.346 e. The fourth-order valence-corrected chi connectivity index (χ4v) is 2.69. The highest BCUT2D eigenvalue weighted by atomic mass is 19.1. The van der Waals surface area contributed by atoms with Crippen LogP contribution in [0.25, 0.3) is 0 Å². The van der Waals surface area contributed by atoms with Gasteiger partial charge in [0.05, 0.1) is 0 Å². The van der Waals surface area contributed by atoms with Gasteiger partial charge in [0.25, 0.3) is 0 Å². The summed E-state index contributed by atoms with van der Waals surface area (Å²) in [5.41, 5.74) is 0.766. The summed E-state index contributed by atoms with van der Waals surface area (Å²) in [5, 5.41) is 5.05. The van der Waals surface area contributed by atoms with Crippen LogP contribution in [0.4, 0.5) is 10.1 Å². The zero-order valence-electron chi connectivity index (χ0n) is 13.0. The van der Waals surface area contributed by atoms with Gasteiger partial charge in [-0.05, 0) is 50.6 Å². The molecule has 0 aromatic heterocycles. The van der Waals surface area contributed by atoms with E-state index in [1.807, 2.05) is 0 Å². The molecule has 0 aliphatic carbocycles. The fourth-order valence-electron chi connectivity index (χ4n) is 2.69. The summed E-state index contributed by atoms with van der Waals surface area (Å²) in [7, 11) is 0. The van der Waals surface area contributed by atoms with Crippen LogP contribution in [0.5, 0.6) is 0 Å². The number of likely N-dealkylation sites (N-methyl/N-ethyl adjacent to an activating group) is 1. The van der Waals surface area contributed by atoms with Crippen LogP contribution in [0, 0.1) is 12.7 Å². The maximum atomic E-state index is 13.4. The number of benzene rings is 1. The molecular weight excluding hydrogens is 285 g/mol. The van der Waals surface area contributed by atoms with Crippen molar-refractivity contribution in [1.29, 1.82) is 0 Å². The van der Waals surface area contributed by atoms with E-state index in [-0.39, 0.29) is 5.69 Å². The van der Waals surface area contributed by atoms with Gasteiger partial charge in [-0.15, -0.1) is 0 Å². The van der Waals surface area contributed by atoms with Gasteiger partial charge < -0.3 is 10.6 Å². The van der Waals surface area contributed by atoms with E-state index >= 15 is 0 Å². The number of aryl methyl sites for hydroxylation is 1. The number of amides is 2. The Morgan fingerprint density at radius 2 is 2.14 bits per heavy atom. The maximum absolute atomic E-state index is 13.4. The van der Waals surface area contributed by atoms with Crippen LogP contribution in [0.3, 0.4) is 0 Å². The lowest BCUT2D eigenvalue weighted by Gasteiger charge is -2.22. The molecule has 0 unspecified atom stereocenters. The van der Waals surface area contributed by atoms with Crippen molar-refractivity contribution in [2.45, 2.75) is 32.7 Å². The molecule has 1 aromatic rings. The van der Waals surface area contributed by atoms with Crippen LogP contribution in [-0.2, 0) is 9.59 Å². The molecule has 0 spiro atoms. The summed E-state index contributed by atoms with van der Waals surface area (Å²) < 4.78 is 13.4. The number of hydrogen-bond acceptors (Lipinski definition) is 3. The summed E-state index contributed by atoms with van der Waals surface area (Å²) in [6, 6.07) is 4.62. The Morgan fingerprint density at radius 3 is 2.82 bits per heavy atom.